The van der Waals surface area contributed by atoms with E-state index in [1.807, 2.05) is 29.4 Å². The van der Waals surface area contributed by atoms with E-state index in [0.717, 1.165) is 5.56 Å². The minimum Gasteiger partial charge on any atom is -0.598 e. The Balaban J connectivity index is 1.49. The summed E-state index contributed by atoms with van der Waals surface area (Å²) in [5.74, 6) is -0.524. The van der Waals surface area contributed by atoms with Crippen LogP contribution in [0.25, 0.3) is 10.9 Å². The van der Waals surface area contributed by atoms with Crippen LogP contribution in [0.5, 0.6) is 0 Å². The molecule has 1 N–H and O–H groups in total. The van der Waals surface area contributed by atoms with Crippen LogP contribution < -0.4 is 4.90 Å². The van der Waals surface area contributed by atoms with Crippen molar-refractivity contribution in [2.75, 3.05) is 50.4 Å². The van der Waals surface area contributed by atoms with Gasteiger partial charge >= 0.3 is 0 Å². The van der Waals surface area contributed by atoms with Gasteiger partial charge in [-0.2, -0.15) is 0 Å². The number of piperazine rings is 1. The summed E-state index contributed by atoms with van der Waals surface area (Å²) in [7, 11) is 0. The van der Waals surface area contributed by atoms with Crippen molar-refractivity contribution < 1.29 is 18.8 Å². The molecule has 2 saturated heterocycles. The third-order valence-corrected chi connectivity index (χ3v) is 9.13. The molecule has 3 heterocycles. The summed E-state index contributed by atoms with van der Waals surface area (Å²) in [5, 5.41) is 11.5. The molecule has 0 radical (unpaired) electrons. The van der Waals surface area contributed by atoms with Crippen LogP contribution in [-0.2, 0) is 16.8 Å². The molecule has 0 aliphatic carbocycles. The molecule has 1 amide bonds. The molecule has 2 aliphatic rings. The molecule has 196 valence electrons. The molecular weight excluding hydrogens is 491 g/mol. The monoisotopic (exact) mass is 524 g/mol. The number of hydrogen-bond acceptors (Lipinski definition) is 6. The first kappa shape index (κ1) is 25.9. The Morgan fingerprint density at radius 2 is 1.76 bits per heavy atom. The van der Waals surface area contributed by atoms with Crippen LogP contribution >= 0.6 is 0 Å². The molecule has 2 aromatic carbocycles. The maximum atomic E-state index is 14.4. The average Bonchev–Trinajstić information content (AvgIpc) is 2.92. The first-order chi connectivity index (χ1) is 17.8. The van der Waals surface area contributed by atoms with E-state index in [9.17, 15) is 18.8 Å². The molecule has 2 fully saturated rings. The Kier molecular flexibility index (Phi) is 7.40. The standard InChI is InChI=1S/C28H33FN4O3S/c1-20(34)28(21-6-4-3-5-7-21)10-12-31(13-11-28)26-23-18-22(29)8-9-25(23)30-19-24(26)27(35)32-14-16-33(17-15-32)37(2)36/h3-9,18-20,34H,10-17H2,1-2H3. The number of carbonyl (C=O) groups is 1. The summed E-state index contributed by atoms with van der Waals surface area (Å²) in [6.45, 7) is 5.08. The lowest BCUT2D eigenvalue weighted by molar-refractivity contribution is 0.0695. The lowest BCUT2D eigenvalue weighted by Crippen LogP contribution is -2.51. The third-order valence-electron chi connectivity index (χ3n) is 8.04. The van der Waals surface area contributed by atoms with Gasteiger partial charge in [0.05, 0.1) is 36.0 Å². The maximum absolute atomic E-state index is 14.4. The molecule has 0 spiro atoms. The van der Waals surface area contributed by atoms with Gasteiger partial charge in [0, 0.05) is 54.5 Å². The van der Waals surface area contributed by atoms with Crippen molar-refractivity contribution in [2.45, 2.75) is 31.3 Å². The quantitative estimate of drug-likeness (QED) is 0.516. The number of hydrogen-bond donors (Lipinski definition) is 1. The highest BCUT2D eigenvalue weighted by molar-refractivity contribution is 7.88. The molecule has 9 heteroatoms. The van der Waals surface area contributed by atoms with E-state index < -0.39 is 17.5 Å². The summed E-state index contributed by atoms with van der Waals surface area (Å²) < 4.78 is 28.1. The molecule has 2 atom stereocenters. The minimum absolute atomic E-state index is 0.148. The SMILES string of the molecule is CC(O)C1(c2ccccc2)CCN(c2c(C(=O)N3CCN([S+](C)[O-])CC3)cnc3ccc(F)cc23)CC1. The number of aliphatic hydroxyl groups is 1. The van der Waals surface area contributed by atoms with Crippen molar-refractivity contribution in [1.29, 1.82) is 0 Å². The maximum Gasteiger partial charge on any atom is 0.257 e. The third kappa shape index (κ3) is 4.93. The van der Waals surface area contributed by atoms with E-state index in [-0.39, 0.29) is 17.1 Å². The first-order valence-electron chi connectivity index (χ1n) is 12.7. The fourth-order valence-corrected chi connectivity index (χ4v) is 6.49. The largest absolute Gasteiger partial charge is 0.598 e. The number of piperidine rings is 1. The van der Waals surface area contributed by atoms with E-state index in [1.165, 1.54) is 12.1 Å². The molecule has 5 rings (SSSR count). The van der Waals surface area contributed by atoms with Crippen LogP contribution in [0.3, 0.4) is 0 Å². The molecule has 0 saturated carbocycles. The number of rotatable bonds is 5. The predicted molar refractivity (Wildman–Crippen MR) is 144 cm³/mol. The van der Waals surface area contributed by atoms with Crippen LogP contribution in [0.2, 0.25) is 0 Å². The van der Waals surface area contributed by atoms with E-state index in [0.29, 0.717) is 74.3 Å². The van der Waals surface area contributed by atoms with Crippen LogP contribution in [0.15, 0.2) is 54.7 Å². The summed E-state index contributed by atoms with van der Waals surface area (Å²) in [6.07, 6.45) is 4.11. The predicted octanol–water partition coefficient (Wildman–Crippen LogP) is 3.34. The van der Waals surface area contributed by atoms with Crippen molar-refractivity contribution in [3.63, 3.8) is 0 Å². The van der Waals surface area contributed by atoms with Gasteiger partial charge in [0.15, 0.2) is 0 Å². The number of pyridine rings is 1. The highest BCUT2D eigenvalue weighted by atomic mass is 32.2. The second-order valence-corrected chi connectivity index (χ2v) is 11.4. The van der Waals surface area contributed by atoms with Gasteiger partial charge < -0.3 is 19.5 Å². The fraction of sp³-hybridized carbons (Fsp3) is 0.429. The normalized spacial score (nSPS) is 20.1. The smallest absolute Gasteiger partial charge is 0.257 e. The van der Waals surface area contributed by atoms with Crippen molar-refractivity contribution in [3.05, 3.63) is 71.7 Å². The Morgan fingerprint density at radius 1 is 1.08 bits per heavy atom. The van der Waals surface area contributed by atoms with Gasteiger partial charge in [-0.3, -0.25) is 9.78 Å². The van der Waals surface area contributed by atoms with Crippen LogP contribution in [-0.4, -0.2) is 81.4 Å². The number of nitrogens with zero attached hydrogens (tertiary/aromatic N) is 4. The number of anilines is 1. The zero-order chi connectivity index (χ0) is 26.2. The summed E-state index contributed by atoms with van der Waals surface area (Å²) in [6, 6.07) is 14.6. The number of amides is 1. The Labute approximate surface area is 220 Å². The number of fused-ring (bicyclic) bond motifs is 1. The summed E-state index contributed by atoms with van der Waals surface area (Å²) in [4.78, 5) is 22.2. The number of aliphatic hydroxyl groups excluding tert-OH is 1. The number of carbonyl (C=O) groups excluding carboxylic acids is 1. The lowest BCUT2D eigenvalue weighted by Gasteiger charge is -2.45. The van der Waals surface area contributed by atoms with Gasteiger partial charge in [0.2, 0.25) is 0 Å². The molecule has 3 aromatic rings. The molecule has 2 aliphatic heterocycles. The van der Waals surface area contributed by atoms with Crippen LogP contribution in [0, 0.1) is 5.82 Å². The Morgan fingerprint density at radius 3 is 2.38 bits per heavy atom. The van der Waals surface area contributed by atoms with E-state index >= 15 is 0 Å². The minimum atomic E-state index is -1.07. The number of benzene rings is 2. The molecular formula is C28H33FN4O3S. The lowest BCUT2D eigenvalue weighted by atomic mass is 9.69. The number of aromatic nitrogens is 1. The molecule has 0 bridgehead atoms. The molecule has 37 heavy (non-hydrogen) atoms. The van der Waals surface area contributed by atoms with Crippen LogP contribution in [0.1, 0.15) is 35.7 Å². The fourth-order valence-electron chi connectivity index (χ4n) is 5.81. The van der Waals surface area contributed by atoms with Gasteiger partial charge in [0.25, 0.3) is 5.91 Å². The van der Waals surface area contributed by atoms with E-state index in [4.69, 9.17) is 0 Å². The zero-order valence-electron chi connectivity index (χ0n) is 21.3. The Hall–Kier alpha value is -2.72. The summed E-state index contributed by atoms with van der Waals surface area (Å²) in [5.41, 5.74) is 2.51. The average molecular weight is 525 g/mol. The van der Waals surface area contributed by atoms with Gasteiger partial charge in [-0.1, -0.05) is 30.3 Å². The zero-order valence-corrected chi connectivity index (χ0v) is 22.1. The highest BCUT2D eigenvalue weighted by Gasteiger charge is 2.41. The summed E-state index contributed by atoms with van der Waals surface area (Å²) >= 11 is -1.07. The van der Waals surface area contributed by atoms with E-state index in [1.54, 1.807) is 23.4 Å². The first-order valence-corrected chi connectivity index (χ1v) is 14.3. The number of halogens is 1. The van der Waals surface area contributed by atoms with E-state index in [2.05, 4.69) is 22.0 Å². The second kappa shape index (κ2) is 10.6. The van der Waals surface area contributed by atoms with Crippen molar-refractivity contribution in [1.82, 2.24) is 14.2 Å². The van der Waals surface area contributed by atoms with Gasteiger partial charge in [-0.05, 0) is 43.5 Å². The highest BCUT2D eigenvalue weighted by Crippen LogP contribution is 2.42. The van der Waals surface area contributed by atoms with Crippen molar-refractivity contribution in [2.24, 2.45) is 0 Å². The second-order valence-electron chi connectivity index (χ2n) is 10.0. The molecule has 2 unspecified atom stereocenters. The van der Waals surface area contributed by atoms with Gasteiger partial charge in [-0.15, -0.1) is 4.31 Å². The molecule has 7 nitrogen and oxygen atoms in total. The van der Waals surface area contributed by atoms with Gasteiger partial charge in [0.1, 0.15) is 12.1 Å². The van der Waals surface area contributed by atoms with Crippen molar-refractivity contribution >= 4 is 33.9 Å². The molecule has 1 aromatic heterocycles. The van der Waals surface area contributed by atoms with Gasteiger partial charge in [-0.25, -0.2) is 4.39 Å². The van der Waals surface area contributed by atoms with Crippen molar-refractivity contribution in [3.8, 4) is 0 Å². The van der Waals surface area contributed by atoms with Crippen LogP contribution in [0.4, 0.5) is 10.1 Å². The Bertz CT molecular complexity index is 1260. The topological polar surface area (TPSA) is 83.0 Å².